The number of rotatable bonds is 6. The van der Waals surface area contributed by atoms with Crippen molar-refractivity contribution in [1.82, 2.24) is 10.8 Å². The van der Waals surface area contributed by atoms with E-state index in [2.05, 4.69) is 5.32 Å². The number of hydroxylamine groups is 1. The Labute approximate surface area is 184 Å². The molecule has 8 heteroatoms. The Morgan fingerprint density at radius 1 is 0.938 bits per heavy atom. The lowest BCUT2D eigenvalue weighted by atomic mass is 9.92. The summed E-state index contributed by atoms with van der Waals surface area (Å²) in [5.41, 5.74) is 2.36. The van der Waals surface area contributed by atoms with Gasteiger partial charge in [-0.1, -0.05) is 61.5 Å². The van der Waals surface area contributed by atoms with Gasteiger partial charge in [-0.15, -0.1) is 0 Å². The summed E-state index contributed by atoms with van der Waals surface area (Å²) >= 11 is 0. The number of amides is 3. The number of carbonyl (C=O) groups is 3. The van der Waals surface area contributed by atoms with Crippen molar-refractivity contribution in [3.05, 3.63) is 90.0 Å². The summed E-state index contributed by atoms with van der Waals surface area (Å²) in [4.78, 5) is 36.3. The van der Waals surface area contributed by atoms with E-state index >= 15 is 0 Å². The smallest absolute Gasteiger partial charge is 0.414 e. The van der Waals surface area contributed by atoms with Crippen molar-refractivity contribution in [3.63, 3.8) is 0 Å². The Morgan fingerprint density at radius 2 is 1.59 bits per heavy atom. The van der Waals surface area contributed by atoms with Crippen LogP contribution in [0.15, 0.2) is 78.9 Å². The molecule has 0 unspecified atom stereocenters. The largest absolute Gasteiger partial charge is 0.507 e. The standard InChI is InChI=1S/C24H22N2O6/c1-15(11-14-21(28)26-31)22(19-12-13-20(27)18-10-6-5-9-17(18)19)32-24(30)25-23(29)16-7-3-2-4-8-16/h2-15,22,27,31H,1H3,(H,26,28)(H,25,29,30)/b14-11+/t15-,22+/m1/s1. The predicted octanol–water partition coefficient (Wildman–Crippen LogP) is 3.85. The SMILES string of the molecule is C[C@H](/C=C/C(=O)NO)[C@H](OC(=O)NC(=O)c1ccccc1)c1ccc(O)c2ccccc12. The van der Waals surface area contributed by atoms with E-state index in [0.717, 1.165) is 6.08 Å². The Morgan fingerprint density at radius 3 is 2.28 bits per heavy atom. The van der Waals surface area contributed by atoms with E-state index in [-0.39, 0.29) is 5.75 Å². The van der Waals surface area contributed by atoms with E-state index in [1.54, 1.807) is 67.6 Å². The number of imide groups is 1. The maximum absolute atomic E-state index is 12.6. The van der Waals surface area contributed by atoms with Crippen LogP contribution in [0.5, 0.6) is 5.75 Å². The Kier molecular flexibility index (Phi) is 7.20. The molecule has 0 saturated heterocycles. The number of benzene rings is 3. The molecule has 0 fully saturated rings. The highest BCUT2D eigenvalue weighted by molar-refractivity contribution is 6.03. The minimum Gasteiger partial charge on any atom is -0.507 e. The zero-order valence-electron chi connectivity index (χ0n) is 17.2. The number of phenols is 1. The summed E-state index contributed by atoms with van der Waals surface area (Å²) in [5.74, 6) is -1.82. The van der Waals surface area contributed by atoms with Gasteiger partial charge in [0.15, 0.2) is 0 Å². The highest BCUT2D eigenvalue weighted by Gasteiger charge is 2.26. The fourth-order valence-electron chi connectivity index (χ4n) is 3.29. The topological polar surface area (TPSA) is 125 Å². The summed E-state index contributed by atoms with van der Waals surface area (Å²) in [6, 6.07) is 18.4. The second-order valence-electron chi connectivity index (χ2n) is 7.06. The molecule has 0 aromatic heterocycles. The molecule has 2 atom stereocenters. The molecule has 0 spiro atoms. The van der Waals surface area contributed by atoms with Crippen LogP contribution in [0.25, 0.3) is 10.8 Å². The fraction of sp³-hybridized carbons (Fsp3) is 0.125. The van der Waals surface area contributed by atoms with Crippen molar-refractivity contribution in [2.24, 2.45) is 5.92 Å². The first-order valence-electron chi connectivity index (χ1n) is 9.80. The van der Waals surface area contributed by atoms with Crippen LogP contribution < -0.4 is 10.8 Å². The lowest BCUT2D eigenvalue weighted by molar-refractivity contribution is -0.124. The second kappa shape index (κ2) is 10.2. The van der Waals surface area contributed by atoms with Gasteiger partial charge in [-0.2, -0.15) is 0 Å². The number of nitrogens with one attached hydrogen (secondary N) is 2. The molecule has 0 radical (unpaired) electrons. The predicted molar refractivity (Wildman–Crippen MR) is 117 cm³/mol. The molecule has 3 rings (SSSR count). The first-order chi connectivity index (χ1) is 15.4. The van der Waals surface area contributed by atoms with Crippen LogP contribution >= 0.6 is 0 Å². The second-order valence-corrected chi connectivity index (χ2v) is 7.06. The van der Waals surface area contributed by atoms with Crippen LogP contribution in [0.1, 0.15) is 28.9 Å². The van der Waals surface area contributed by atoms with Crippen LogP contribution in [0, 0.1) is 5.92 Å². The Hall–Kier alpha value is -4.17. The van der Waals surface area contributed by atoms with E-state index in [9.17, 15) is 19.5 Å². The monoisotopic (exact) mass is 434 g/mol. The third-order valence-electron chi connectivity index (χ3n) is 4.87. The quantitative estimate of drug-likeness (QED) is 0.265. The molecule has 3 amide bonds. The molecule has 164 valence electrons. The van der Waals surface area contributed by atoms with Gasteiger partial charge in [0.05, 0.1) is 0 Å². The molecular weight excluding hydrogens is 412 g/mol. The minimum atomic E-state index is -0.965. The number of ether oxygens (including phenoxy) is 1. The lowest BCUT2D eigenvalue weighted by Crippen LogP contribution is -2.33. The van der Waals surface area contributed by atoms with Crippen LogP contribution in [-0.2, 0) is 9.53 Å². The number of fused-ring (bicyclic) bond motifs is 1. The van der Waals surface area contributed by atoms with Gasteiger partial charge in [-0.25, -0.2) is 10.3 Å². The van der Waals surface area contributed by atoms with Gasteiger partial charge >= 0.3 is 6.09 Å². The van der Waals surface area contributed by atoms with Gasteiger partial charge in [0, 0.05) is 28.5 Å². The zero-order chi connectivity index (χ0) is 23.1. The first kappa shape index (κ1) is 22.5. The molecule has 3 aromatic rings. The average molecular weight is 434 g/mol. The Balaban J connectivity index is 1.92. The molecular formula is C24H22N2O6. The average Bonchev–Trinajstić information content (AvgIpc) is 2.82. The van der Waals surface area contributed by atoms with Gasteiger partial charge < -0.3 is 9.84 Å². The summed E-state index contributed by atoms with van der Waals surface area (Å²) < 4.78 is 5.61. The molecule has 0 saturated carbocycles. The molecule has 0 aliphatic carbocycles. The highest BCUT2D eigenvalue weighted by atomic mass is 16.6. The van der Waals surface area contributed by atoms with E-state index in [1.807, 2.05) is 0 Å². The van der Waals surface area contributed by atoms with Crippen LogP contribution in [-0.4, -0.2) is 28.2 Å². The van der Waals surface area contributed by atoms with Crippen LogP contribution in [0.3, 0.4) is 0 Å². The van der Waals surface area contributed by atoms with Gasteiger partial charge in [-0.05, 0) is 23.6 Å². The summed E-state index contributed by atoms with van der Waals surface area (Å²) in [6.45, 7) is 1.71. The number of aromatic hydroxyl groups is 1. The number of phenolic OH excluding ortho intramolecular Hbond substituents is 1. The third-order valence-corrected chi connectivity index (χ3v) is 4.87. The van der Waals surface area contributed by atoms with Gasteiger partial charge in [0.1, 0.15) is 11.9 Å². The molecule has 0 aliphatic rings. The Bertz CT molecular complexity index is 1160. The third kappa shape index (κ3) is 5.30. The van der Waals surface area contributed by atoms with Gasteiger partial charge in [0.25, 0.3) is 11.8 Å². The van der Waals surface area contributed by atoms with Crippen molar-refractivity contribution in [2.75, 3.05) is 0 Å². The van der Waals surface area contributed by atoms with Gasteiger partial charge in [0.2, 0.25) is 0 Å². The van der Waals surface area contributed by atoms with Crippen LogP contribution in [0.4, 0.5) is 4.79 Å². The maximum Gasteiger partial charge on any atom is 0.414 e. The van der Waals surface area contributed by atoms with Crippen molar-refractivity contribution in [2.45, 2.75) is 13.0 Å². The number of hydrogen-bond acceptors (Lipinski definition) is 6. The van der Waals surface area contributed by atoms with E-state index in [1.165, 1.54) is 17.6 Å². The van der Waals surface area contributed by atoms with E-state index < -0.39 is 29.9 Å². The molecule has 8 nitrogen and oxygen atoms in total. The van der Waals surface area contributed by atoms with E-state index in [0.29, 0.717) is 21.9 Å². The van der Waals surface area contributed by atoms with Crippen molar-refractivity contribution in [1.29, 1.82) is 0 Å². The normalized spacial score (nSPS) is 12.8. The van der Waals surface area contributed by atoms with Gasteiger partial charge in [-0.3, -0.25) is 20.1 Å². The molecule has 0 aliphatic heterocycles. The van der Waals surface area contributed by atoms with Crippen LogP contribution in [0.2, 0.25) is 0 Å². The first-order valence-corrected chi connectivity index (χ1v) is 9.80. The van der Waals surface area contributed by atoms with Crippen molar-refractivity contribution in [3.8, 4) is 5.75 Å². The summed E-state index contributed by atoms with van der Waals surface area (Å²) in [5, 5.41) is 22.3. The lowest BCUT2D eigenvalue weighted by Gasteiger charge is -2.24. The summed E-state index contributed by atoms with van der Waals surface area (Å²) in [6.07, 6.45) is 0.695. The molecule has 3 aromatic carbocycles. The number of carbonyl (C=O) groups excluding carboxylic acids is 3. The van der Waals surface area contributed by atoms with E-state index in [4.69, 9.17) is 9.94 Å². The van der Waals surface area contributed by atoms with Crippen molar-refractivity contribution < 1.29 is 29.4 Å². The molecule has 0 heterocycles. The number of alkyl carbamates (subject to hydrolysis) is 1. The molecule has 4 N–H and O–H groups in total. The summed E-state index contributed by atoms with van der Waals surface area (Å²) in [7, 11) is 0. The van der Waals surface area contributed by atoms with Crippen molar-refractivity contribution >= 4 is 28.7 Å². The fourth-order valence-corrected chi connectivity index (χ4v) is 3.29. The molecule has 0 bridgehead atoms. The minimum absolute atomic E-state index is 0.0645. The zero-order valence-corrected chi connectivity index (χ0v) is 17.2. The molecule has 32 heavy (non-hydrogen) atoms. The maximum atomic E-state index is 12.6. The highest BCUT2D eigenvalue weighted by Crippen LogP contribution is 2.36. The number of hydrogen-bond donors (Lipinski definition) is 4.